The molecule has 1 atom stereocenters. The van der Waals surface area contributed by atoms with E-state index in [4.69, 9.17) is 4.74 Å². The molecule has 6 heteroatoms. The van der Waals surface area contributed by atoms with Crippen molar-refractivity contribution in [2.45, 2.75) is 6.42 Å². The second-order valence-electron chi connectivity index (χ2n) is 5.97. The maximum absolute atomic E-state index is 5.43. The minimum Gasteiger partial charge on any atom is -0.381 e. The topological polar surface area (TPSA) is 40.1 Å². The minimum atomic E-state index is 0. The molecule has 0 bridgehead atoms. The van der Waals surface area contributed by atoms with Gasteiger partial charge in [-0.15, -0.1) is 24.0 Å². The highest BCUT2D eigenvalue weighted by molar-refractivity contribution is 14.0. The molecule has 2 heterocycles. The van der Waals surface area contributed by atoms with Crippen molar-refractivity contribution >= 4 is 35.6 Å². The van der Waals surface area contributed by atoms with Crippen LogP contribution in [-0.4, -0.2) is 63.8 Å². The summed E-state index contributed by atoms with van der Waals surface area (Å²) in [6.07, 6.45) is 1.16. The van der Waals surface area contributed by atoms with Crippen LogP contribution in [0.5, 0.6) is 0 Å². The van der Waals surface area contributed by atoms with E-state index in [2.05, 4.69) is 50.4 Å². The Kier molecular flexibility index (Phi) is 7.42. The molecule has 2 aliphatic rings. The predicted octanol–water partition coefficient (Wildman–Crippen LogP) is 2.04. The SMILES string of the molecule is CN=C(NCC1CCOC1)N1CCN(c2ccccc2)CC1.I. The summed E-state index contributed by atoms with van der Waals surface area (Å²) in [6.45, 7) is 6.85. The molecule has 0 aliphatic carbocycles. The molecule has 0 radical (unpaired) electrons. The number of anilines is 1. The number of benzene rings is 1. The van der Waals surface area contributed by atoms with E-state index >= 15 is 0 Å². The fourth-order valence-corrected chi connectivity index (χ4v) is 3.13. The number of halogens is 1. The van der Waals surface area contributed by atoms with Crippen molar-refractivity contribution in [1.82, 2.24) is 10.2 Å². The number of nitrogens with zero attached hydrogens (tertiary/aromatic N) is 3. The average Bonchev–Trinajstić information content (AvgIpc) is 3.10. The quantitative estimate of drug-likeness (QED) is 0.453. The molecule has 1 aromatic carbocycles. The maximum Gasteiger partial charge on any atom is 0.193 e. The Hall–Kier alpha value is -1.02. The van der Waals surface area contributed by atoms with E-state index in [1.807, 2.05) is 7.05 Å². The number of aliphatic imine (C=N–C) groups is 1. The van der Waals surface area contributed by atoms with Crippen LogP contribution in [0.1, 0.15) is 6.42 Å². The number of piperazine rings is 1. The maximum atomic E-state index is 5.43. The van der Waals surface area contributed by atoms with Gasteiger partial charge in [0.1, 0.15) is 0 Å². The van der Waals surface area contributed by atoms with Crippen LogP contribution < -0.4 is 10.2 Å². The van der Waals surface area contributed by atoms with Gasteiger partial charge < -0.3 is 19.9 Å². The van der Waals surface area contributed by atoms with E-state index in [1.54, 1.807) is 0 Å². The fraction of sp³-hybridized carbons (Fsp3) is 0.588. The second kappa shape index (κ2) is 9.32. The molecule has 0 saturated carbocycles. The molecule has 2 saturated heterocycles. The van der Waals surface area contributed by atoms with Gasteiger partial charge in [-0.3, -0.25) is 4.99 Å². The molecule has 128 valence electrons. The van der Waals surface area contributed by atoms with Gasteiger partial charge in [0.15, 0.2) is 5.96 Å². The summed E-state index contributed by atoms with van der Waals surface area (Å²) in [5.41, 5.74) is 1.31. The zero-order chi connectivity index (χ0) is 15.2. The normalized spacial score (nSPS) is 22.0. The van der Waals surface area contributed by atoms with E-state index in [-0.39, 0.29) is 24.0 Å². The minimum absolute atomic E-state index is 0. The standard InChI is InChI=1S/C17H26N4O.HI/c1-18-17(19-13-15-7-12-22-14-15)21-10-8-20(9-11-21)16-5-3-2-4-6-16;/h2-6,15H,7-14H2,1H3,(H,18,19);1H. The largest absolute Gasteiger partial charge is 0.381 e. The first-order valence-corrected chi connectivity index (χ1v) is 8.20. The van der Waals surface area contributed by atoms with E-state index in [1.165, 1.54) is 5.69 Å². The van der Waals surface area contributed by atoms with Gasteiger partial charge in [-0.25, -0.2) is 0 Å². The first-order chi connectivity index (χ1) is 10.9. The molecule has 0 amide bonds. The van der Waals surface area contributed by atoms with E-state index in [0.717, 1.165) is 58.3 Å². The number of hydrogen-bond donors (Lipinski definition) is 1. The van der Waals surface area contributed by atoms with Crippen LogP contribution in [0.25, 0.3) is 0 Å². The number of para-hydroxylation sites is 1. The molecule has 1 aromatic rings. The summed E-state index contributed by atoms with van der Waals surface area (Å²) in [4.78, 5) is 9.24. The number of rotatable bonds is 3. The molecule has 2 aliphatic heterocycles. The highest BCUT2D eigenvalue weighted by atomic mass is 127. The van der Waals surface area contributed by atoms with E-state index in [9.17, 15) is 0 Å². The molecular formula is C17H27IN4O. The monoisotopic (exact) mass is 430 g/mol. The third kappa shape index (κ3) is 4.97. The summed E-state index contributed by atoms with van der Waals surface area (Å²) >= 11 is 0. The van der Waals surface area contributed by atoms with E-state index < -0.39 is 0 Å². The smallest absolute Gasteiger partial charge is 0.193 e. The van der Waals surface area contributed by atoms with Gasteiger partial charge in [0.05, 0.1) is 6.61 Å². The molecule has 2 fully saturated rings. The molecule has 3 rings (SSSR count). The second-order valence-corrected chi connectivity index (χ2v) is 5.97. The van der Waals surface area contributed by atoms with Gasteiger partial charge in [0.2, 0.25) is 0 Å². The van der Waals surface area contributed by atoms with Gasteiger partial charge in [0.25, 0.3) is 0 Å². The van der Waals surface area contributed by atoms with Crippen LogP contribution in [0, 0.1) is 5.92 Å². The van der Waals surface area contributed by atoms with Gasteiger partial charge in [-0.2, -0.15) is 0 Å². The zero-order valence-electron chi connectivity index (χ0n) is 13.8. The van der Waals surface area contributed by atoms with Crippen molar-refractivity contribution in [2.24, 2.45) is 10.9 Å². The van der Waals surface area contributed by atoms with Crippen LogP contribution in [0.2, 0.25) is 0 Å². The Morgan fingerprint density at radius 3 is 2.57 bits per heavy atom. The van der Waals surface area contributed by atoms with Crippen molar-refractivity contribution in [3.8, 4) is 0 Å². The molecule has 0 spiro atoms. The lowest BCUT2D eigenvalue weighted by atomic mass is 10.1. The Morgan fingerprint density at radius 2 is 1.96 bits per heavy atom. The Bertz CT molecular complexity index is 483. The van der Waals surface area contributed by atoms with Gasteiger partial charge in [0, 0.05) is 58.0 Å². The molecule has 1 N–H and O–H groups in total. The van der Waals surface area contributed by atoms with Gasteiger partial charge >= 0.3 is 0 Å². The Balaban J connectivity index is 0.00000192. The molecule has 5 nitrogen and oxygen atoms in total. The van der Waals surface area contributed by atoms with Crippen LogP contribution in [0.4, 0.5) is 5.69 Å². The van der Waals surface area contributed by atoms with Gasteiger partial charge in [-0.1, -0.05) is 18.2 Å². The fourth-order valence-electron chi connectivity index (χ4n) is 3.13. The number of hydrogen-bond acceptors (Lipinski definition) is 3. The van der Waals surface area contributed by atoms with E-state index in [0.29, 0.717) is 5.92 Å². The van der Waals surface area contributed by atoms with Crippen LogP contribution in [-0.2, 0) is 4.74 Å². The molecule has 0 aromatic heterocycles. The highest BCUT2D eigenvalue weighted by Crippen LogP contribution is 2.16. The van der Waals surface area contributed by atoms with Crippen LogP contribution >= 0.6 is 24.0 Å². The number of nitrogens with one attached hydrogen (secondary N) is 1. The van der Waals surface area contributed by atoms with Crippen molar-refractivity contribution in [2.75, 3.05) is 57.9 Å². The third-order valence-corrected chi connectivity index (χ3v) is 4.49. The summed E-state index contributed by atoms with van der Waals surface area (Å²) < 4.78 is 5.43. The molecule has 23 heavy (non-hydrogen) atoms. The Morgan fingerprint density at radius 1 is 1.22 bits per heavy atom. The van der Waals surface area contributed by atoms with Crippen LogP contribution in [0.15, 0.2) is 35.3 Å². The number of ether oxygens (including phenoxy) is 1. The lowest BCUT2D eigenvalue weighted by Gasteiger charge is -2.37. The first-order valence-electron chi connectivity index (χ1n) is 8.20. The Labute approximate surface area is 156 Å². The van der Waals surface area contributed by atoms with Crippen molar-refractivity contribution in [1.29, 1.82) is 0 Å². The third-order valence-electron chi connectivity index (χ3n) is 4.49. The first kappa shape index (κ1) is 18.3. The van der Waals surface area contributed by atoms with Crippen LogP contribution in [0.3, 0.4) is 0 Å². The number of guanidine groups is 1. The molecule has 1 unspecified atom stereocenters. The lowest BCUT2D eigenvalue weighted by molar-refractivity contribution is 0.186. The summed E-state index contributed by atoms with van der Waals surface area (Å²) in [5.74, 6) is 1.65. The average molecular weight is 430 g/mol. The summed E-state index contributed by atoms with van der Waals surface area (Å²) in [6, 6.07) is 10.6. The van der Waals surface area contributed by atoms with Crippen molar-refractivity contribution in [3.05, 3.63) is 30.3 Å². The van der Waals surface area contributed by atoms with Crippen molar-refractivity contribution < 1.29 is 4.74 Å². The van der Waals surface area contributed by atoms with Crippen molar-refractivity contribution in [3.63, 3.8) is 0 Å². The summed E-state index contributed by atoms with van der Waals surface area (Å²) in [5, 5.41) is 3.51. The van der Waals surface area contributed by atoms with Gasteiger partial charge in [-0.05, 0) is 18.6 Å². The molecular weight excluding hydrogens is 403 g/mol. The summed E-state index contributed by atoms with van der Waals surface area (Å²) in [7, 11) is 1.87. The highest BCUT2D eigenvalue weighted by Gasteiger charge is 2.21. The zero-order valence-corrected chi connectivity index (χ0v) is 16.1. The lowest BCUT2D eigenvalue weighted by Crippen LogP contribution is -2.53. The predicted molar refractivity (Wildman–Crippen MR) is 106 cm³/mol.